The van der Waals surface area contributed by atoms with Gasteiger partial charge in [0.05, 0.1) is 16.4 Å². The third-order valence-electron chi connectivity index (χ3n) is 4.27. The Morgan fingerprint density at radius 2 is 1.90 bits per heavy atom. The van der Waals surface area contributed by atoms with Gasteiger partial charge in [-0.2, -0.15) is 0 Å². The van der Waals surface area contributed by atoms with Gasteiger partial charge >= 0.3 is 0 Å². The molecule has 10 heteroatoms. The number of non-ortho nitro benzene ring substituents is 1. The molecule has 0 bridgehead atoms. The van der Waals surface area contributed by atoms with E-state index < -0.39 is 26.9 Å². The molecular formula is C20H25N3O6S. The van der Waals surface area contributed by atoms with Gasteiger partial charge in [-0.05, 0) is 18.1 Å². The van der Waals surface area contributed by atoms with E-state index in [-0.39, 0.29) is 23.6 Å². The first-order valence-electron chi connectivity index (χ1n) is 9.53. The quantitative estimate of drug-likeness (QED) is 0.390. The van der Waals surface area contributed by atoms with Gasteiger partial charge < -0.3 is 0 Å². The number of nitro groups is 1. The van der Waals surface area contributed by atoms with Crippen molar-refractivity contribution in [3.63, 3.8) is 0 Å². The standard InChI is InChI=1S/C20H25N3O6S/c1-2-3-10-17(13-20(24)21-29-15-16-8-5-4-6-9-16)22-30(27,28)19-12-7-11-18(14-19)23(25)26/h4-9,11-12,14,17,22H,2-3,10,13,15H2,1H3,(H,21,24)/t17-/m0/s1. The van der Waals surface area contributed by atoms with E-state index >= 15 is 0 Å². The molecule has 2 aromatic carbocycles. The third-order valence-corrected chi connectivity index (χ3v) is 5.78. The van der Waals surface area contributed by atoms with E-state index in [1.807, 2.05) is 37.3 Å². The molecule has 2 rings (SSSR count). The minimum absolute atomic E-state index is 0.122. The average Bonchev–Trinajstić information content (AvgIpc) is 2.72. The predicted octanol–water partition coefficient (Wildman–Crippen LogP) is 3.07. The van der Waals surface area contributed by atoms with Crippen molar-refractivity contribution in [3.05, 3.63) is 70.3 Å². The Hall–Kier alpha value is -2.82. The smallest absolute Gasteiger partial charge is 0.270 e. The zero-order chi connectivity index (χ0) is 22.0. The average molecular weight is 436 g/mol. The topological polar surface area (TPSA) is 128 Å². The molecule has 0 aliphatic carbocycles. The van der Waals surface area contributed by atoms with Gasteiger partial charge in [0, 0.05) is 24.6 Å². The Balaban J connectivity index is 1.99. The first kappa shape index (κ1) is 23.5. The lowest BCUT2D eigenvalue weighted by atomic mass is 10.1. The molecule has 2 aromatic rings. The number of amides is 1. The van der Waals surface area contributed by atoms with Crippen LogP contribution in [0.4, 0.5) is 5.69 Å². The van der Waals surface area contributed by atoms with Crippen LogP contribution in [-0.4, -0.2) is 25.3 Å². The summed E-state index contributed by atoms with van der Waals surface area (Å²) in [5.74, 6) is -0.464. The molecular weight excluding hydrogens is 410 g/mol. The van der Waals surface area contributed by atoms with Crippen molar-refractivity contribution in [2.24, 2.45) is 0 Å². The van der Waals surface area contributed by atoms with Crippen LogP contribution in [0.25, 0.3) is 0 Å². The van der Waals surface area contributed by atoms with Crippen molar-refractivity contribution in [3.8, 4) is 0 Å². The van der Waals surface area contributed by atoms with Crippen molar-refractivity contribution in [1.82, 2.24) is 10.2 Å². The van der Waals surface area contributed by atoms with Crippen molar-refractivity contribution >= 4 is 21.6 Å². The second-order valence-corrected chi connectivity index (χ2v) is 8.43. The summed E-state index contributed by atoms with van der Waals surface area (Å²) in [5.41, 5.74) is 2.88. The fourth-order valence-electron chi connectivity index (χ4n) is 2.74. The number of hydroxylamine groups is 1. The van der Waals surface area contributed by atoms with Crippen LogP contribution in [0.3, 0.4) is 0 Å². The molecule has 0 saturated carbocycles. The number of nitro benzene ring substituents is 1. The summed E-state index contributed by atoms with van der Waals surface area (Å²) in [4.78, 5) is 27.4. The number of nitrogens with zero attached hydrogens (tertiary/aromatic N) is 1. The molecule has 162 valence electrons. The number of hydrogen-bond acceptors (Lipinski definition) is 6. The van der Waals surface area contributed by atoms with Gasteiger partial charge in [-0.3, -0.25) is 19.7 Å². The highest BCUT2D eigenvalue weighted by atomic mass is 32.2. The summed E-state index contributed by atoms with van der Waals surface area (Å²) < 4.78 is 27.8. The van der Waals surface area contributed by atoms with Gasteiger partial charge in [0.15, 0.2) is 0 Å². The van der Waals surface area contributed by atoms with E-state index in [0.29, 0.717) is 12.8 Å². The predicted molar refractivity (Wildman–Crippen MR) is 111 cm³/mol. The number of unbranched alkanes of at least 4 members (excludes halogenated alkanes) is 1. The largest absolute Gasteiger partial charge is 0.273 e. The molecule has 0 fully saturated rings. The summed E-state index contributed by atoms with van der Waals surface area (Å²) in [7, 11) is -4.03. The fraction of sp³-hybridized carbons (Fsp3) is 0.350. The van der Waals surface area contributed by atoms with Crippen LogP contribution in [0.2, 0.25) is 0 Å². The SMILES string of the molecule is CCCC[C@@H](CC(=O)NOCc1ccccc1)NS(=O)(=O)c1cccc([N+](=O)[O-])c1. The maximum absolute atomic E-state index is 12.7. The van der Waals surface area contributed by atoms with Gasteiger partial charge in [0.2, 0.25) is 15.9 Å². The highest BCUT2D eigenvalue weighted by molar-refractivity contribution is 7.89. The van der Waals surface area contributed by atoms with E-state index in [0.717, 1.165) is 18.1 Å². The van der Waals surface area contributed by atoms with E-state index in [9.17, 15) is 23.3 Å². The van der Waals surface area contributed by atoms with Crippen molar-refractivity contribution in [2.75, 3.05) is 0 Å². The summed E-state index contributed by atoms with van der Waals surface area (Å²) in [6.07, 6.45) is 1.85. The van der Waals surface area contributed by atoms with E-state index in [2.05, 4.69) is 10.2 Å². The lowest BCUT2D eigenvalue weighted by molar-refractivity contribution is -0.385. The van der Waals surface area contributed by atoms with Crippen molar-refractivity contribution < 1.29 is 23.0 Å². The molecule has 0 heterocycles. The van der Waals surface area contributed by atoms with Crippen molar-refractivity contribution in [2.45, 2.75) is 50.2 Å². The number of nitrogens with one attached hydrogen (secondary N) is 2. The number of carbonyl (C=O) groups is 1. The van der Waals surface area contributed by atoms with E-state index in [1.165, 1.54) is 18.2 Å². The zero-order valence-corrected chi connectivity index (χ0v) is 17.4. The number of carbonyl (C=O) groups excluding carboxylic acids is 1. The van der Waals surface area contributed by atoms with Gasteiger partial charge in [-0.15, -0.1) is 0 Å². The van der Waals surface area contributed by atoms with Crippen LogP contribution in [-0.2, 0) is 26.3 Å². The zero-order valence-electron chi connectivity index (χ0n) is 16.6. The van der Waals surface area contributed by atoms with E-state index in [1.54, 1.807) is 0 Å². The van der Waals surface area contributed by atoms with Crippen LogP contribution in [0.15, 0.2) is 59.5 Å². The normalized spacial score (nSPS) is 12.3. The molecule has 0 unspecified atom stereocenters. The number of hydrogen-bond donors (Lipinski definition) is 2. The Morgan fingerprint density at radius 1 is 1.17 bits per heavy atom. The molecule has 2 N–H and O–H groups in total. The minimum Gasteiger partial charge on any atom is -0.273 e. The number of sulfonamides is 1. The first-order valence-corrected chi connectivity index (χ1v) is 11.0. The highest BCUT2D eigenvalue weighted by Gasteiger charge is 2.23. The molecule has 0 aromatic heterocycles. The Labute approximate surface area is 175 Å². The van der Waals surface area contributed by atoms with Crippen LogP contribution in [0.1, 0.15) is 38.2 Å². The molecule has 0 radical (unpaired) electrons. The first-order chi connectivity index (χ1) is 14.3. The molecule has 0 saturated heterocycles. The maximum Gasteiger partial charge on any atom is 0.270 e. The molecule has 30 heavy (non-hydrogen) atoms. The Kier molecular flexibility index (Phi) is 8.90. The van der Waals surface area contributed by atoms with Gasteiger partial charge in [0.1, 0.15) is 0 Å². The Bertz CT molecular complexity index is 950. The molecule has 9 nitrogen and oxygen atoms in total. The summed E-state index contributed by atoms with van der Waals surface area (Å²) in [6, 6.07) is 13.4. The van der Waals surface area contributed by atoms with E-state index in [4.69, 9.17) is 4.84 Å². The van der Waals surface area contributed by atoms with Crippen LogP contribution in [0, 0.1) is 10.1 Å². The lowest BCUT2D eigenvalue weighted by Gasteiger charge is -2.18. The summed E-state index contributed by atoms with van der Waals surface area (Å²) in [5, 5.41) is 10.9. The second kappa shape index (κ2) is 11.4. The number of benzene rings is 2. The monoisotopic (exact) mass is 435 g/mol. The Morgan fingerprint density at radius 3 is 2.57 bits per heavy atom. The lowest BCUT2D eigenvalue weighted by Crippen LogP contribution is -2.39. The second-order valence-electron chi connectivity index (χ2n) is 6.72. The van der Waals surface area contributed by atoms with Crippen LogP contribution >= 0.6 is 0 Å². The molecule has 1 atom stereocenters. The minimum atomic E-state index is -4.03. The van der Waals surface area contributed by atoms with Crippen LogP contribution < -0.4 is 10.2 Å². The summed E-state index contributed by atoms with van der Waals surface area (Å²) in [6.45, 7) is 2.14. The summed E-state index contributed by atoms with van der Waals surface area (Å²) >= 11 is 0. The maximum atomic E-state index is 12.7. The third kappa shape index (κ3) is 7.54. The fourth-order valence-corrected chi connectivity index (χ4v) is 4.05. The van der Waals surface area contributed by atoms with Gasteiger partial charge in [0.25, 0.3) is 5.69 Å². The number of rotatable bonds is 12. The molecule has 0 aliphatic heterocycles. The highest BCUT2D eigenvalue weighted by Crippen LogP contribution is 2.18. The molecule has 1 amide bonds. The van der Waals surface area contributed by atoms with Gasteiger partial charge in [-0.1, -0.05) is 56.2 Å². The van der Waals surface area contributed by atoms with Crippen molar-refractivity contribution in [1.29, 1.82) is 0 Å². The molecule has 0 aliphatic rings. The van der Waals surface area contributed by atoms with Gasteiger partial charge in [-0.25, -0.2) is 18.6 Å². The molecule has 0 spiro atoms. The van der Waals surface area contributed by atoms with Crippen LogP contribution in [0.5, 0.6) is 0 Å².